The van der Waals surface area contributed by atoms with E-state index in [0.29, 0.717) is 23.7 Å². The van der Waals surface area contributed by atoms with Gasteiger partial charge in [-0.15, -0.1) is 0 Å². The van der Waals surface area contributed by atoms with Gasteiger partial charge in [0.1, 0.15) is 6.04 Å². The number of hydrogen-bond donors (Lipinski definition) is 2. The van der Waals surface area contributed by atoms with Gasteiger partial charge in [0.2, 0.25) is 11.8 Å². The SMILES string of the molecule is CC(=O)N1CCc2cc(NC(=O)C(CC(C)C)NC(=O)c3ccc(Cl)cc3Cl)ccc21. The van der Waals surface area contributed by atoms with Crippen molar-refractivity contribution >= 4 is 52.3 Å². The van der Waals surface area contributed by atoms with Crippen LogP contribution in [0.25, 0.3) is 0 Å². The molecular formula is C23H25Cl2N3O3. The minimum Gasteiger partial charge on any atom is -0.340 e. The molecule has 3 amide bonds. The van der Waals surface area contributed by atoms with Crippen LogP contribution in [0, 0.1) is 5.92 Å². The van der Waals surface area contributed by atoms with Gasteiger partial charge in [0.05, 0.1) is 10.6 Å². The van der Waals surface area contributed by atoms with Crippen molar-refractivity contribution in [2.75, 3.05) is 16.8 Å². The van der Waals surface area contributed by atoms with Crippen molar-refractivity contribution in [2.45, 2.75) is 39.7 Å². The van der Waals surface area contributed by atoms with E-state index in [1.54, 1.807) is 17.0 Å². The quantitative estimate of drug-likeness (QED) is 0.654. The minimum atomic E-state index is -0.735. The average Bonchev–Trinajstić information content (AvgIpc) is 3.10. The molecule has 2 N–H and O–H groups in total. The number of nitrogens with one attached hydrogen (secondary N) is 2. The Balaban J connectivity index is 1.74. The van der Waals surface area contributed by atoms with Crippen LogP contribution in [0.1, 0.15) is 43.1 Å². The molecule has 1 heterocycles. The number of rotatable bonds is 6. The first-order valence-corrected chi connectivity index (χ1v) is 10.9. The van der Waals surface area contributed by atoms with E-state index in [9.17, 15) is 14.4 Å². The normalized spacial score (nSPS) is 13.7. The second kappa shape index (κ2) is 9.71. The Morgan fingerprint density at radius 3 is 2.48 bits per heavy atom. The van der Waals surface area contributed by atoms with Crippen molar-refractivity contribution < 1.29 is 14.4 Å². The van der Waals surface area contributed by atoms with Crippen LogP contribution in [0.4, 0.5) is 11.4 Å². The molecule has 0 saturated carbocycles. The van der Waals surface area contributed by atoms with E-state index in [0.717, 1.165) is 17.7 Å². The molecule has 31 heavy (non-hydrogen) atoms. The summed E-state index contributed by atoms with van der Waals surface area (Å²) in [5.41, 5.74) is 2.76. The molecule has 1 atom stereocenters. The first-order chi connectivity index (χ1) is 14.7. The zero-order valence-electron chi connectivity index (χ0n) is 17.7. The van der Waals surface area contributed by atoms with E-state index < -0.39 is 11.9 Å². The van der Waals surface area contributed by atoms with Crippen LogP contribution < -0.4 is 15.5 Å². The van der Waals surface area contributed by atoms with Crippen LogP contribution in [0.15, 0.2) is 36.4 Å². The number of halogens is 2. The van der Waals surface area contributed by atoms with Crippen LogP contribution in [-0.4, -0.2) is 30.3 Å². The Kier molecular flexibility index (Phi) is 7.23. The van der Waals surface area contributed by atoms with Crippen LogP contribution in [-0.2, 0) is 16.0 Å². The maximum Gasteiger partial charge on any atom is 0.253 e. The van der Waals surface area contributed by atoms with E-state index in [2.05, 4.69) is 10.6 Å². The van der Waals surface area contributed by atoms with Crippen molar-refractivity contribution in [3.05, 3.63) is 57.6 Å². The summed E-state index contributed by atoms with van der Waals surface area (Å²) < 4.78 is 0. The molecule has 1 aliphatic rings. The molecular weight excluding hydrogens is 437 g/mol. The summed E-state index contributed by atoms with van der Waals surface area (Å²) in [7, 11) is 0. The van der Waals surface area contributed by atoms with Gasteiger partial charge in [0, 0.05) is 29.9 Å². The Hall–Kier alpha value is -2.57. The topological polar surface area (TPSA) is 78.5 Å². The Morgan fingerprint density at radius 2 is 1.84 bits per heavy atom. The molecule has 6 nitrogen and oxygen atoms in total. The predicted molar refractivity (Wildman–Crippen MR) is 124 cm³/mol. The number of nitrogens with zero attached hydrogens (tertiary/aromatic N) is 1. The van der Waals surface area contributed by atoms with Crippen molar-refractivity contribution in [2.24, 2.45) is 5.92 Å². The molecule has 0 aromatic heterocycles. The van der Waals surface area contributed by atoms with Gasteiger partial charge in [-0.05, 0) is 60.7 Å². The first kappa shape index (κ1) is 23.1. The average molecular weight is 462 g/mol. The fraction of sp³-hybridized carbons (Fsp3) is 0.348. The molecule has 3 rings (SSSR count). The molecule has 0 saturated heterocycles. The summed E-state index contributed by atoms with van der Waals surface area (Å²) >= 11 is 12.0. The molecule has 0 spiro atoms. The zero-order chi connectivity index (χ0) is 22.7. The van der Waals surface area contributed by atoms with Gasteiger partial charge in [0.15, 0.2) is 0 Å². The second-order valence-electron chi connectivity index (χ2n) is 8.03. The summed E-state index contributed by atoms with van der Waals surface area (Å²) in [4.78, 5) is 39.2. The Morgan fingerprint density at radius 1 is 1.10 bits per heavy atom. The largest absolute Gasteiger partial charge is 0.340 e. The number of hydrogen-bond acceptors (Lipinski definition) is 3. The molecule has 0 bridgehead atoms. The highest BCUT2D eigenvalue weighted by Gasteiger charge is 2.25. The number of fused-ring (bicyclic) bond motifs is 1. The fourth-order valence-electron chi connectivity index (χ4n) is 3.65. The van der Waals surface area contributed by atoms with Gasteiger partial charge in [-0.1, -0.05) is 37.0 Å². The van der Waals surface area contributed by atoms with E-state index in [-0.39, 0.29) is 28.3 Å². The van der Waals surface area contributed by atoms with Crippen LogP contribution in [0.2, 0.25) is 10.0 Å². The maximum absolute atomic E-state index is 13.0. The number of carbonyl (C=O) groups excluding carboxylic acids is 3. The summed E-state index contributed by atoms with van der Waals surface area (Å²) in [5, 5.41) is 6.33. The number of amides is 3. The van der Waals surface area contributed by atoms with Crippen LogP contribution in [0.5, 0.6) is 0 Å². The summed E-state index contributed by atoms with van der Waals surface area (Å²) in [5.74, 6) is -0.570. The van der Waals surface area contributed by atoms with E-state index in [4.69, 9.17) is 23.2 Å². The molecule has 8 heteroatoms. The molecule has 2 aromatic rings. The predicted octanol–water partition coefficient (Wildman–Crippen LogP) is 4.69. The highest BCUT2D eigenvalue weighted by Crippen LogP contribution is 2.30. The number of benzene rings is 2. The Labute approximate surface area is 191 Å². The number of carbonyl (C=O) groups is 3. The van der Waals surface area contributed by atoms with Gasteiger partial charge < -0.3 is 15.5 Å². The minimum absolute atomic E-state index is 0.00361. The van der Waals surface area contributed by atoms with Crippen LogP contribution >= 0.6 is 23.2 Å². The van der Waals surface area contributed by atoms with Gasteiger partial charge in [0.25, 0.3) is 5.91 Å². The highest BCUT2D eigenvalue weighted by molar-refractivity contribution is 6.36. The van der Waals surface area contributed by atoms with Gasteiger partial charge >= 0.3 is 0 Å². The summed E-state index contributed by atoms with van der Waals surface area (Å²) in [6, 6.07) is 9.34. The lowest BCUT2D eigenvalue weighted by Crippen LogP contribution is -2.44. The first-order valence-electron chi connectivity index (χ1n) is 10.1. The molecule has 0 fully saturated rings. The van der Waals surface area contributed by atoms with Crippen molar-refractivity contribution in [1.29, 1.82) is 0 Å². The van der Waals surface area contributed by atoms with Crippen molar-refractivity contribution in [1.82, 2.24) is 5.32 Å². The molecule has 164 valence electrons. The van der Waals surface area contributed by atoms with Gasteiger partial charge in [-0.25, -0.2) is 0 Å². The molecule has 2 aromatic carbocycles. The van der Waals surface area contributed by atoms with E-state index in [1.165, 1.54) is 19.1 Å². The third kappa shape index (κ3) is 5.57. The highest BCUT2D eigenvalue weighted by atomic mass is 35.5. The second-order valence-corrected chi connectivity index (χ2v) is 8.88. The van der Waals surface area contributed by atoms with E-state index in [1.807, 2.05) is 26.0 Å². The third-order valence-corrected chi connectivity index (χ3v) is 5.68. The molecule has 1 unspecified atom stereocenters. The molecule has 0 aliphatic carbocycles. The van der Waals surface area contributed by atoms with Crippen molar-refractivity contribution in [3.8, 4) is 0 Å². The lowest BCUT2D eigenvalue weighted by molar-refractivity contribution is -0.118. The third-order valence-electron chi connectivity index (χ3n) is 5.13. The summed E-state index contributed by atoms with van der Waals surface area (Å²) in [6.07, 6.45) is 1.20. The van der Waals surface area contributed by atoms with Crippen molar-refractivity contribution in [3.63, 3.8) is 0 Å². The number of anilines is 2. The maximum atomic E-state index is 13.0. The molecule has 1 aliphatic heterocycles. The monoisotopic (exact) mass is 461 g/mol. The van der Waals surface area contributed by atoms with Gasteiger partial charge in [-0.3, -0.25) is 14.4 Å². The van der Waals surface area contributed by atoms with E-state index >= 15 is 0 Å². The van der Waals surface area contributed by atoms with Gasteiger partial charge in [-0.2, -0.15) is 0 Å². The molecule has 0 radical (unpaired) electrons. The van der Waals surface area contributed by atoms with Crippen LogP contribution in [0.3, 0.4) is 0 Å². The summed E-state index contributed by atoms with van der Waals surface area (Å²) in [6.45, 7) is 6.13. The Bertz CT molecular complexity index is 1020. The zero-order valence-corrected chi connectivity index (χ0v) is 19.2. The fourth-order valence-corrected chi connectivity index (χ4v) is 4.14. The lowest BCUT2D eigenvalue weighted by Gasteiger charge is -2.21. The smallest absolute Gasteiger partial charge is 0.253 e. The standard InChI is InChI=1S/C23H25Cl2N3O3/c1-13(2)10-20(27-22(30)18-6-4-16(24)12-19(18)25)23(31)26-17-5-7-21-15(11-17)8-9-28(21)14(3)29/h4-7,11-13,20H,8-10H2,1-3H3,(H,26,31)(H,27,30). The lowest BCUT2D eigenvalue weighted by atomic mass is 10.0.